The van der Waals surface area contributed by atoms with Gasteiger partial charge in [-0.2, -0.15) is 0 Å². The Bertz CT molecular complexity index is 611. The maximum atomic E-state index is 11.5. The molecule has 2 rings (SSSR count). The van der Waals surface area contributed by atoms with E-state index in [1.165, 1.54) is 19.4 Å². The molecule has 6 heteroatoms. The van der Waals surface area contributed by atoms with Crippen LogP contribution in [-0.4, -0.2) is 25.2 Å². The van der Waals surface area contributed by atoms with Crippen LogP contribution in [-0.2, 0) is 4.74 Å². The number of methoxy groups -OCH3 is 2. The summed E-state index contributed by atoms with van der Waals surface area (Å²) < 4.78 is 15.2. The first-order chi connectivity index (χ1) is 9.65. The van der Waals surface area contributed by atoms with E-state index in [1.54, 1.807) is 31.4 Å². The van der Waals surface area contributed by atoms with Crippen molar-refractivity contribution in [3.63, 3.8) is 0 Å². The molecule has 0 saturated heterocycles. The third-order valence-corrected chi connectivity index (χ3v) is 2.63. The largest absolute Gasteiger partial charge is 0.497 e. The molecule has 0 atom stereocenters. The van der Waals surface area contributed by atoms with Gasteiger partial charge >= 0.3 is 5.97 Å². The topological polar surface area (TPSA) is 83.7 Å². The number of esters is 1. The van der Waals surface area contributed by atoms with Crippen molar-refractivity contribution in [2.24, 2.45) is 0 Å². The van der Waals surface area contributed by atoms with Crippen molar-refractivity contribution in [2.75, 3.05) is 20.0 Å². The van der Waals surface area contributed by atoms with E-state index in [4.69, 9.17) is 15.2 Å². The van der Waals surface area contributed by atoms with Crippen molar-refractivity contribution in [3.8, 4) is 17.4 Å². The highest BCUT2D eigenvalue weighted by Gasteiger charge is 2.15. The van der Waals surface area contributed by atoms with Gasteiger partial charge in [-0.25, -0.2) is 9.78 Å². The zero-order valence-electron chi connectivity index (χ0n) is 11.1. The Kier molecular flexibility index (Phi) is 4.05. The third kappa shape index (κ3) is 2.80. The van der Waals surface area contributed by atoms with Gasteiger partial charge < -0.3 is 19.9 Å². The van der Waals surface area contributed by atoms with Crippen molar-refractivity contribution in [1.29, 1.82) is 0 Å². The SMILES string of the molecule is COC(=O)c1ccnc(Oc2ccc(OC)cc2)c1N. The summed E-state index contributed by atoms with van der Waals surface area (Å²) in [7, 11) is 2.86. The number of hydrogen-bond donors (Lipinski definition) is 1. The van der Waals surface area contributed by atoms with Crippen molar-refractivity contribution in [2.45, 2.75) is 0 Å². The average molecular weight is 274 g/mol. The molecule has 0 aliphatic rings. The third-order valence-electron chi connectivity index (χ3n) is 2.63. The predicted octanol–water partition coefficient (Wildman–Crippen LogP) is 2.25. The van der Waals surface area contributed by atoms with E-state index in [1.807, 2.05) is 0 Å². The van der Waals surface area contributed by atoms with E-state index < -0.39 is 5.97 Å². The molecule has 1 aromatic carbocycles. The number of pyridine rings is 1. The molecule has 1 heterocycles. The maximum absolute atomic E-state index is 11.5. The van der Waals surface area contributed by atoms with Crippen molar-refractivity contribution >= 4 is 11.7 Å². The number of anilines is 1. The highest BCUT2D eigenvalue weighted by Crippen LogP contribution is 2.28. The van der Waals surface area contributed by atoms with Crippen LogP contribution in [0, 0.1) is 0 Å². The van der Waals surface area contributed by atoms with Gasteiger partial charge in [0.1, 0.15) is 17.2 Å². The lowest BCUT2D eigenvalue weighted by atomic mass is 10.2. The quantitative estimate of drug-likeness (QED) is 0.861. The number of hydrogen-bond acceptors (Lipinski definition) is 6. The predicted molar refractivity (Wildman–Crippen MR) is 73.1 cm³/mol. The normalized spacial score (nSPS) is 9.90. The number of carbonyl (C=O) groups excluding carboxylic acids is 1. The number of ether oxygens (including phenoxy) is 3. The molecule has 0 amide bonds. The molecule has 0 aliphatic carbocycles. The molecule has 0 radical (unpaired) electrons. The van der Waals surface area contributed by atoms with Crippen LogP contribution in [0.1, 0.15) is 10.4 Å². The smallest absolute Gasteiger partial charge is 0.340 e. The number of aromatic nitrogens is 1. The van der Waals surface area contributed by atoms with E-state index in [2.05, 4.69) is 9.72 Å². The van der Waals surface area contributed by atoms with Gasteiger partial charge in [-0.05, 0) is 30.3 Å². The fourth-order valence-corrected chi connectivity index (χ4v) is 1.58. The highest BCUT2D eigenvalue weighted by molar-refractivity contribution is 5.96. The summed E-state index contributed by atoms with van der Waals surface area (Å²) in [6.07, 6.45) is 1.43. The van der Waals surface area contributed by atoms with Crippen LogP contribution in [0.4, 0.5) is 5.69 Å². The van der Waals surface area contributed by atoms with Crippen molar-refractivity contribution in [3.05, 3.63) is 42.1 Å². The summed E-state index contributed by atoms with van der Waals surface area (Å²) in [6, 6.07) is 8.39. The Labute approximate surface area is 116 Å². The standard InChI is InChI=1S/C14H14N2O4/c1-18-9-3-5-10(6-4-9)20-13-12(15)11(7-8-16-13)14(17)19-2/h3-8H,15H2,1-2H3. The monoisotopic (exact) mass is 274 g/mol. The Morgan fingerprint density at radius 3 is 2.35 bits per heavy atom. The summed E-state index contributed by atoms with van der Waals surface area (Å²) in [5.74, 6) is 0.858. The van der Waals surface area contributed by atoms with E-state index in [0.717, 1.165) is 0 Å². The highest BCUT2D eigenvalue weighted by atomic mass is 16.5. The first kappa shape index (κ1) is 13.7. The van der Waals surface area contributed by atoms with E-state index >= 15 is 0 Å². The molecular weight excluding hydrogens is 260 g/mol. The Morgan fingerprint density at radius 1 is 1.10 bits per heavy atom. The summed E-state index contributed by atoms with van der Waals surface area (Å²) in [4.78, 5) is 15.5. The van der Waals surface area contributed by atoms with Crippen LogP contribution in [0.2, 0.25) is 0 Å². The average Bonchev–Trinajstić information content (AvgIpc) is 2.49. The van der Waals surface area contributed by atoms with Crippen LogP contribution in [0.25, 0.3) is 0 Å². The van der Waals surface area contributed by atoms with Gasteiger partial charge in [0.15, 0.2) is 0 Å². The lowest BCUT2D eigenvalue weighted by Crippen LogP contribution is -2.07. The molecule has 6 nitrogen and oxygen atoms in total. The van der Waals surface area contributed by atoms with Crippen LogP contribution in [0.3, 0.4) is 0 Å². The molecule has 0 saturated carbocycles. The maximum Gasteiger partial charge on any atom is 0.340 e. The number of benzene rings is 1. The minimum atomic E-state index is -0.538. The molecule has 0 aliphatic heterocycles. The van der Waals surface area contributed by atoms with Crippen LogP contribution in [0.15, 0.2) is 36.5 Å². The minimum absolute atomic E-state index is 0.134. The number of nitrogens with zero attached hydrogens (tertiary/aromatic N) is 1. The van der Waals surface area contributed by atoms with Crippen LogP contribution < -0.4 is 15.2 Å². The second kappa shape index (κ2) is 5.92. The van der Waals surface area contributed by atoms with Crippen LogP contribution >= 0.6 is 0 Å². The molecule has 0 fully saturated rings. The number of nitrogen functional groups attached to an aromatic ring is 1. The molecule has 0 spiro atoms. The first-order valence-corrected chi connectivity index (χ1v) is 5.80. The fourth-order valence-electron chi connectivity index (χ4n) is 1.58. The molecule has 2 aromatic rings. The van der Waals surface area contributed by atoms with Gasteiger partial charge in [0, 0.05) is 6.20 Å². The van der Waals surface area contributed by atoms with Gasteiger partial charge in [-0.1, -0.05) is 0 Å². The Balaban J connectivity index is 2.26. The van der Waals surface area contributed by atoms with Gasteiger partial charge in [-0.15, -0.1) is 0 Å². The zero-order valence-corrected chi connectivity index (χ0v) is 11.1. The molecular formula is C14H14N2O4. The zero-order chi connectivity index (χ0) is 14.5. The van der Waals surface area contributed by atoms with E-state index in [0.29, 0.717) is 11.5 Å². The summed E-state index contributed by atoms with van der Waals surface area (Å²) in [5, 5.41) is 0. The molecule has 2 N–H and O–H groups in total. The summed E-state index contributed by atoms with van der Waals surface area (Å²) in [6.45, 7) is 0. The molecule has 0 bridgehead atoms. The van der Waals surface area contributed by atoms with Crippen LogP contribution in [0.5, 0.6) is 17.4 Å². The van der Waals surface area contributed by atoms with E-state index in [9.17, 15) is 4.79 Å². The molecule has 0 unspecified atom stereocenters. The van der Waals surface area contributed by atoms with Gasteiger partial charge in [-0.3, -0.25) is 0 Å². The lowest BCUT2D eigenvalue weighted by molar-refractivity contribution is 0.0601. The Morgan fingerprint density at radius 2 is 1.75 bits per heavy atom. The van der Waals surface area contributed by atoms with Gasteiger partial charge in [0.05, 0.1) is 19.8 Å². The number of rotatable bonds is 4. The second-order valence-electron chi connectivity index (χ2n) is 3.85. The number of nitrogens with two attached hydrogens (primary N) is 1. The minimum Gasteiger partial charge on any atom is -0.497 e. The van der Waals surface area contributed by atoms with Gasteiger partial charge in [0.25, 0.3) is 0 Å². The summed E-state index contributed by atoms with van der Waals surface area (Å²) in [5.41, 5.74) is 6.20. The van der Waals surface area contributed by atoms with Crippen molar-refractivity contribution in [1.82, 2.24) is 4.98 Å². The Hall–Kier alpha value is -2.76. The number of carbonyl (C=O) groups is 1. The van der Waals surface area contributed by atoms with Gasteiger partial charge in [0.2, 0.25) is 5.88 Å². The first-order valence-electron chi connectivity index (χ1n) is 5.80. The van der Waals surface area contributed by atoms with E-state index in [-0.39, 0.29) is 17.1 Å². The molecule has 104 valence electrons. The molecule has 20 heavy (non-hydrogen) atoms. The fraction of sp³-hybridized carbons (Fsp3) is 0.143. The lowest BCUT2D eigenvalue weighted by Gasteiger charge is -2.10. The van der Waals surface area contributed by atoms with Crippen molar-refractivity contribution < 1.29 is 19.0 Å². The molecule has 1 aromatic heterocycles. The summed E-state index contributed by atoms with van der Waals surface area (Å²) >= 11 is 0. The second-order valence-corrected chi connectivity index (χ2v) is 3.85.